The maximum absolute atomic E-state index is 12.9. The molecule has 1 aliphatic heterocycles. The Morgan fingerprint density at radius 3 is 2.82 bits per heavy atom. The third-order valence-electron chi connectivity index (χ3n) is 6.05. The van der Waals surface area contributed by atoms with Gasteiger partial charge in [-0.15, -0.1) is 0 Å². The minimum Gasteiger partial charge on any atom is -0.351 e. The number of nitriles is 1. The third-order valence-corrected chi connectivity index (χ3v) is 6.05. The fourth-order valence-electron chi connectivity index (χ4n) is 4.26. The topological polar surface area (TPSA) is 109 Å². The number of aliphatic imine (C=N–C) groups is 1. The number of anilines is 1. The SMILES string of the molecule is N#CNC(=NCCCCC1CCN(C(=O)c2cc3ccccc3[nH]2)CC1)Nc1cccnc1. The number of aromatic nitrogens is 2. The lowest BCUT2D eigenvalue weighted by Crippen LogP contribution is -2.38. The number of amides is 1. The predicted molar refractivity (Wildman–Crippen MR) is 130 cm³/mol. The molecular formula is C25H29N7O. The van der Waals surface area contributed by atoms with Crippen LogP contribution in [0.3, 0.4) is 0 Å². The van der Waals surface area contributed by atoms with E-state index in [1.165, 1.54) is 0 Å². The monoisotopic (exact) mass is 443 g/mol. The lowest BCUT2D eigenvalue weighted by Gasteiger charge is -2.31. The number of aromatic amines is 1. The second-order valence-electron chi connectivity index (χ2n) is 8.34. The maximum atomic E-state index is 12.9. The molecule has 0 aliphatic carbocycles. The summed E-state index contributed by atoms with van der Waals surface area (Å²) in [5, 5.41) is 15.7. The van der Waals surface area contributed by atoms with Gasteiger partial charge >= 0.3 is 0 Å². The summed E-state index contributed by atoms with van der Waals surface area (Å²) >= 11 is 0. The van der Waals surface area contributed by atoms with Crippen molar-refractivity contribution >= 4 is 28.5 Å². The molecule has 0 unspecified atom stereocenters. The van der Waals surface area contributed by atoms with E-state index < -0.39 is 0 Å². The van der Waals surface area contributed by atoms with Crippen molar-refractivity contribution in [1.29, 1.82) is 5.26 Å². The van der Waals surface area contributed by atoms with Crippen molar-refractivity contribution in [3.05, 3.63) is 60.6 Å². The molecule has 3 N–H and O–H groups in total. The van der Waals surface area contributed by atoms with Crippen molar-refractivity contribution in [1.82, 2.24) is 20.2 Å². The van der Waals surface area contributed by atoms with E-state index in [1.54, 1.807) is 12.4 Å². The number of nitrogens with one attached hydrogen (secondary N) is 3. The lowest BCUT2D eigenvalue weighted by atomic mass is 9.91. The standard InChI is InChI=1S/C25H29N7O/c26-18-29-25(30-21-8-5-12-27-17-21)28-13-4-3-6-19-10-14-32(15-11-19)24(33)23-16-20-7-1-2-9-22(20)31-23/h1-2,5,7-9,12,16-17,19,31H,3-4,6,10-11,13-15H2,(H2,28,29,30). The molecule has 1 amide bonds. The highest BCUT2D eigenvalue weighted by atomic mass is 16.2. The minimum atomic E-state index is 0.0950. The zero-order valence-electron chi connectivity index (χ0n) is 18.6. The van der Waals surface area contributed by atoms with Crippen LogP contribution in [0.1, 0.15) is 42.6 Å². The number of unbranched alkanes of at least 4 members (excludes halogenated alkanes) is 1. The Morgan fingerprint density at radius 2 is 2.06 bits per heavy atom. The first-order chi connectivity index (χ1) is 16.2. The van der Waals surface area contributed by atoms with Crippen molar-refractivity contribution in [3.8, 4) is 6.19 Å². The van der Waals surface area contributed by atoms with E-state index in [2.05, 4.69) is 25.6 Å². The van der Waals surface area contributed by atoms with Crippen LogP contribution < -0.4 is 10.6 Å². The number of fused-ring (bicyclic) bond motifs is 1. The van der Waals surface area contributed by atoms with Gasteiger partial charge in [0.05, 0.1) is 11.9 Å². The molecule has 170 valence electrons. The van der Waals surface area contributed by atoms with Crippen LogP contribution in [0.5, 0.6) is 0 Å². The lowest BCUT2D eigenvalue weighted by molar-refractivity contribution is 0.0681. The number of nitrogens with zero attached hydrogens (tertiary/aromatic N) is 4. The number of hydrogen-bond acceptors (Lipinski definition) is 4. The van der Waals surface area contributed by atoms with Crippen molar-refractivity contribution in [2.75, 3.05) is 25.0 Å². The van der Waals surface area contributed by atoms with Crippen LogP contribution in [0, 0.1) is 17.4 Å². The molecule has 0 radical (unpaired) electrons. The van der Waals surface area contributed by atoms with Gasteiger partial charge in [0.2, 0.25) is 5.96 Å². The van der Waals surface area contributed by atoms with Gasteiger partial charge in [0.15, 0.2) is 6.19 Å². The van der Waals surface area contributed by atoms with Crippen molar-refractivity contribution < 1.29 is 4.79 Å². The Labute approximate surface area is 193 Å². The zero-order valence-corrected chi connectivity index (χ0v) is 18.6. The van der Waals surface area contributed by atoms with Gasteiger partial charge in [-0.25, -0.2) is 0 Å². The van der Waals surface area contributed by atoms with Crippen molar-refractivity contribution in [2.45, 2.75) is 32.1 Å². The van der Waals surface area contributed by atoms with Crippen LogP contribution >= 0.6 is 0 Å². The van der Waals surface area contributed by atoms with Crippen LogP contribution in [0.4, 0.5) is 5.69 Å². The van der Waals surface area contributed by atoms with Gasteiger partial charge in [0.1, 0.15) is 5.69 Å². The molecule has 1 aromatic carbocycles. The molecule has 0 atom stereocenters. The van der Waals surface area contributed by atoms with Gasteiger partial charge < -0.3 is 15.2 Å². The molecule has 3 aromatic rings. The van der Waals surface area contributed by atoms with Crippen LogP contribution in [0.25, 0.3) is 10.9 Å². The van der Waals surface area contributed by atoms with E-state index in [0.717, 1.165) is 61.8 Å². The number of hydrogen-bond donors (Lipinski definition) is 3. The number of benzene rings is 1. The third kappa shape index (κ3) is 6.10. The summed E-state index contributed by atoms with van der Waals surface area (Å²) in [4.78, 5) is 26.6. The molecule has 0 bridgehead atoms. The molecule has 33 heavy (non-hydrogen) atoms. The summed E-state index contributed by atoms with van der Waals surface area (Å²) in [5.74, 6) is 1.18. The Balaban J connectivity index is 1.17. The van der Waals surface area contributed by atoms with Crippen LogP contribution in [0.2, 0.25) is 0 Å². The molecule has 1 aliphatic rings. The maximum Gasteiger partial charge on any atom is 0.270 e. The number of rotatable bonds is 7. The number of carbonyl (C=O) groups is 1. The molecular weight excluding hydrogens is 414 g/mol. The van der Waals surface area contributed by atoms with E-state index in [-0.39, 0.29) is 5.91 Å². The second-order valence-corrected chi connectivity index (χ2v) is 8.34. The quantitative estimate of drug-likeness (QED) is 0.167. The number of likely N-dealkylation sites (tertiary alicyclic amines) is 1. The molecule has 8 nitrogen and oxygen atoms in total. The molecule has 1 saturated heterocycles. The van der Waals surface area contributed by atoms with Gasteiger partial charge in [0.25, 0.3) is 5.91 Å². The Bertz CT molecular complexity index is 1090. The summed E-state index contributed by atoms with van der Waals surface area (Å²) in [6.07, 6.45) is 10.6. The summed E-state index contributed by atoms with van der Waals surface area (Å²) in [6.45, 7) is 2.26. The van der Waals surface area contributed by atoms with E-state index in [1.807, 2.05) is 53.6 Å². The summed E-state index contributed by atoms with van der Waals surface area (Å²) in [5.41, 5.74) is 2.46. The van der Waals surface area contributed by atoms with Crippen LogP contribution in [0.15, 0.2) is 59.9 Å². The van der Waals surface area contributed by atoms with E-state index >= 15 is 0 Å². The Morgan fingerprint density at radius 1 is 1.21 bits per heavy atom. The largest absolute Gasteiger partial charge is 0.351 e. The molecule has 2 aromatic heterocycles. The molecule has 4 rings (SSSR count). The minimum absolute atomic E-state index is 0.0950. The number of H-pyrrole nitrogens is 1. The fraction of sp³-hybridized carbons (Fsp3) is 0.360. The highest BCUT2D eigenvalue weighted by Gasteiger charge is 2.24. The first-order valence-corrected chi connectivity index (χ1v) is 11.5. The first-order valence-electron chi connectivity index (χ1n) is 11.5. The van der Waals surface area contributed by atoms with Crippen molar-refractivity contribution in [2.24, 2.45) is 10.9 Å². The van der Waals surface area contributed by atoms with E-state index in [9.17, 15) is 4.79 Å². The highest BCUT2D eigenvalue weighted by Crippen LogP contribution is 2.24. The Hall–Kier alpha value is -3.86. The van der Waals surface area contributed by atoms with Gasteiger partial charge in [-0.2, -0.15) is 5.26 Å². The van der Waals surface area contributed by atoms with Gasteiger partial charge in [0, 0.05) is 36.7 Å². The first kappa shape index (κ1) is 22.3. The summed E-state index contributed by atoms with van der Waals surface area (Å²) in [6, 6.07) is 13.6. The molecule has 8 heteroatoms. The van der Waals surface area contributed by atoms with Gasteiger partial charge in [-0.1, -0.05) is 31.0 Å². The number of guanidine groups is 1. The molecule has 3 heterocycles. The fourth-order valence-corrected chi connectivity index (χ4v) is 4.26. The summed E-state index contributed by atoms with van der Waals surface area (Å²) in [7, 11) is 0. The normalized spacial score (nSPS) is 14.8. The summed E-state index contributed by atoms with van der Waals surface area (Å²) < 4.78 is 0. The number of pyridine rings is 1. The van der Waals surface area contributed by atoms with Crippen LogP contribution in [-0.4, -0.2) is 46.4 Å². The highest BCUT2D eigenvalue weighted by molar-refractivity contribution is 5.98. The van der Waals surface area contributed by atoms with Crippen LogP contribution in [-0.2, 0) is 0 Å². The molecule has 1 fully saturated rings. The van der Waals surface area contributed by atoms with E-state index in [0.29, 0.717) is 24.1 Å². The number of para-hydroxylation sites is 1. The smallest absolute Gasteiger partial charge is 0.270 e. The van der Waals surface area contributed by atoms with Gasteiger partial charge in [-0.3, -0.25) is 20.1 Å². The second kappa shape index (κ2) is 11.1. The number of carbonyl (C=O) groups excluding carboxylic acids is 1. The predicted octanol–water partition coefficient (Wildman–Crippen LogP) is 4.12. The van der Waals surface area contributed by atoms with E-state index in [4.69, 9.17) is 5.26 Å². The molecule has 0 saturated carbocycles. The average Bonchev–Trinajstić information content (AvgIpc) is 3.29. The Kier molecular flexibility index (Phi) is 7.54. The van der Waals surface area contributed by atoms with Crippen molar-refractivity contribution in [3.63, 3.8) is 0 Å². The number of piperidine rings is 1. The average molecular weight is 444 g/mol. The zero-order chi connectivity index (χ0) is 22.9. The van der Waals surface area contributed by atoms with Gasteiger partial charge in [-0.05, 0) is 49.4 Å². The molecule has 0 spiro atoms.